The number of amides is 1. The number of thioether (sulfide) groups is 1. The quantitative estimate of drug-likeness (QED) is 0.717. The number of benzene rings is 2. The smallest absolute Gasteiger partial charge is 0.221 e. The molecule has 0 fully saturated rings. The first-order chi connectivity index (χ1) is 11.0. The van der Waals surface area contributed by atoms with Crippen molar-refractivity contribution in [1.29, 1.82) is 0 Å². The molecule has 4 heteroatoms. The predicted octanol–water partition coefficient (Wildman–Crippen LogP) is 5.32. The molecule has 0 saturated carbocycles. The van der Waals surface area contributed by atoms with Crippen molar-refractivity contribution in [1.82, 2.24) is 5.32 Å². The van der Waals surface area contributed by atoms with Crippen LogP contribution in [0.1, 0.15) is 36.1 Å². The topological polar surface area (TPSA) is 29.1 Å². The second-order valence-electron chi connectivity index (χ2n) is 5.70. The Morgan fingerprint density at radius 2 is 1.87 bits per heavy atom. The molecule has 0 unspecified atom stereocenters. The van der Waals surface area contributed by atoms with Gasteiger partial charge in [0.05, 0.1) is 6.04 Å². The van der Waals surface area contributed by atoms with Crippen molar-refractivity contribution in [2.24, 2.45) is 0 Å². The first-order valence-electron chi connectivity index (χ1n) is 7.70. The Labute approximate surface area is 147 Å². The molecule has 2 aromatic carbocycles. The molecule has 0 heterocycles. The van der Waals surface area contributed by atoms with E-state index in [2.05, 4.69) is 37.4 Å². The summed E-state index contributed by atoms with van der Waals surface area (Å²) in [7, 11) is 0. The maximum absolute atomic E-state index is 12.1. The van der Waals surface area contributed by atoms with E-state index in [1.807, 2.05) is 31.2 Å². The van der Waals surface area contributed by atoms with Crippen molar-refractivity contribution in [2.75, 3.05) is 5.75 Å². The van der Waals surface area contributed by atoms with Crippen LogP contribution in [-0.2, 0) is 4.79 Å². The van der Waals surface area contributed by atoms with Gasteiger partial charge in [-0.25, -0.2) is 0 Å². The molecule has 122 valence electrons. The van der Waals surface area contributed by atoms with E-state index in [4.69, 9.17) is 11.6 Å². The van der Waals surface area contributed by atoms with Gasteiger partial charge in [-0.3, -0.25) is 4.79 Å². The Morgan fingerprint density at radius 3 is 2.52 bits per heavy atom. The van der Waals surface area contributed by atoms with Gasteiger partial charge in [-0.2, -0.15) is 0 Å². The summed E-state index contributed by atoms with van der Waals surface area (Å²) < 4.78 is 0. The molecule has 0 spiro atoms. The largest absolute Gasteiger partial charge is 0.350 e. The summed E-state index contributed by atoms with van der Waals surface area (Å²) in [5.41, 5.74) is 3.63. The van der Waals surface area contributed by atoms with Crippen molar-refractivity contribution < 1.29 is 4.79 Å². The van der Waals surface area contributed by atoms with Gasteiger partial charge in [0.25, 0.3) is 0 Å². The summed E-state index contributed by atoms with van der Waals surface area (Å²) in [4.78, 5) is 13.2. The molecule has 2 rings (SSSR count). The molecule has 0 aromatic heterocycles. The van der Waals surface area contributed by atoms with Crippen molar-refractivity contribution in [3.8, 4) is 0 Å². The molecular weight excluding hydrogens is 326 g/mol. The minimum Gasteiger partial charge on any atom is -0.350 e. The fourth-order valence-corrected chi connectivity index (χ4v) is 3.47. The van der Waals surface area contributed by atoms with E-state index in [-0.39, 0.29) is 11.9 Å². The number of halogens is 1. The Bertz CT molecular complexity index is 670. The third-order valence-corrected chi connectivity index (χ3v) is 4.95. The van der Waals surface area contributed by atoms with Gasteiger partial charge < -0.3 is 5.32 Å². The zero-order valence-electron chi connectivity index (χ0n) is 13.7. The van der Waals surface area contributed by atoms with Crippen molar-refractivity contribution in [2.45, 2.75) is 38.1 Å². The highest BCUT2D eigenvalue weighted by Gasteiger charge is 2.11. The molecule has 1 amide bonds. The van der Waals surface area contributed by atoms with Crippen molar-refractivity contribution in [3.05, 3.63) is 64.2 Å². The Hall–Kier alpha value is -1.45. The van der Waals surface area contributed by atoms with Gasteiger partial charge in [-0.15, -0.1) is 11.8 Å². The summed E-state index contributed by atoms with van der Waals surface area (Å²) >= 11 is 7.53. The number of hydrogen-bond acceptors (Lipinski definition) is 2. The number of nitrogens with one attached hydrogen (secondary N) is 1. The van der Waals surface area contributed by atoms with Gasteiger partial charge >= 0.3 is 0 Å². The number of carbonyl (C=O) groups is 1. The average molecular weight is 348 g/mol. The highest BCUT2D eigenvalue weighted by Crippen LogP contribution is 2.22. The summed E-state index contributed by atoms with van der Waals surface area (Å²) in [6.45, 7) is 6.19. The van der Waals surface area contributed by atoms with E-state index in [0.717, 1.165) is 15.7 Å². The molecule has 0 saturated heterocycles. The molecule has 0 aliphatic rings. The van der Waals surface area contributed by atoms with Crippen LogP contribution in [0.4, 0.5) is 0 Å². The van der Waals surface area contributed by atoms with Crippen LogP contribution in [0.15, 0.2) is 47.4 Å². The first kappa shape index (κ1) is 17.9. The Kier molecular flexibility index (Phi) is 6.55. The van der Waals surface area contributed by atoms with Gasteiger partial charge in [-0.05, 0) is 56.2 Å². The number of rotatable bonds is 6. The lowest BCUT2D eigenvalue weighted by atomic mass is 10.0. The van der Waals surface area contributed by atoms with Crippen molar-refractivity contribution >= 4 is 29.3 Å². The zero-order valence-corrected chi connectivity index (χ0v) is 15.3. The van der Waals surface area contributed by atoms with Gasteiger partial charge in [0.15, 0.2) is 0 Å². The normalized spacial score (nSPS) is 12.0. The SMILES string of the molecule is Cc1ccc([C@@H](C)NC(=O)CCSc2ccc(Cl)cc2)c(C)c1. The molecular formula is C19H22ClNOS. The van der Waals surface area contributed by atoms with Crippen LogP contribution in [0, 0.1) is 13.8 Å². The van der Waals surface area contributed by atoms with E-state index in [9.17, 15) is 4.79 Å². The standard InChI is InChI=1S/C19H22ClNOS/c1-13-4-9-18(14(2)12-13)15(3)21-19(22)10-11-23-17-7-5-16(20)6-8-17/h4-9,12,15H,10-11H2,1-3H3,(H,21,22)/t15-/m1/s1. The first-order valence-corrected chi connectivity index (χ1v) is 9.07. The lowest BCUT2D eigenvalue weighted by molar-refractivity contribution is -0.121. The average Bonchev–Trinajstić information content (AvgIpc) is 2.49. The third-order valence-electron chi connectivity index (χ3n) is 3.68. The monoisotopic (exact) mass is 347 g/mol. The summed E-state index contributed by atoms with van der Waals surface area (Å²) in [6, 6.07) is 14.0. The Balaban J connectivity index is 1.81. The van der Waals surface area contributed by atoms with E-state index in [0.29, 0.717) is 6.42 Å². The van der Waals surface area contributed by atoms with E-state index < -0.39 is 0 Å². The van der Waals surface area contributed by atoms with E-state index in [1.165, 1.54) is 16.7 Å². The number of aryl methyl sites for hydroxylation is 2. The highest BCUT2D eigenvalue weighted by atomic mass is 35.5. The van der Waals surface area contributed by atoms with Crippen LogP contribution in [-0.4, -0.2) is 11.7 Å². The minimum atomic E-state index is 0.0311. The van der Waals surface area contributed by atoms with Crippen LogP contribution >= 0.6 is 23.4 Å². The maximum atomic E-state index is 12.1. The van der Waals surface area contributed by atoms with Gasteiger partial charge in [-0.1, -0.05) is 35.4 Å². The zero-order chi connectivity index (χ0) is 16.8. The van der Waals surface area contributed by atoms with Crippen LogP contribution in [0.2, 0.25) is 5.02 Å². The van der Waals surface area contributed by atoms with Gasteiger partial charge in [0.1, 0.15) is 0 Å². The fourth-order valence-electron chi connectivity index (χ4n) is 2.50. The maximum Gasteiger partial charge on any atom is 0.221 e. The van der Waals surface area contributed by atoms with Gasteiger partial charge in [0, 0.05) is 22.1 Å². The summed E-state index contributed by atoms with van der Waals surface area (Å²) in [6.07, 6.45) is 0.503. The molecule has 0 bridgehead atoms. The Morgan fingerprint density at radius 1 is 1.17 bits per heavy atom. The number of carbonyl (C=O) groups excluding carboxylic acids is 1. The minimum absolute atomic E-state index is 0.0311. The fraction of sp³-hybridized carbons (Fsp3) is 0.316. The van der Waals surface area contributed by atoms with Crippen LogP contribution in [0.25, 0.3) is 0 Å². The molecule has 2 nitrogen and oxygen atoms in total. The van der Waals surface area contributed by atoms with Crippen LogP contribution in [0.5, 0.6) is 0 Å². The van der Waals surface area contributed by atoms with Gasteiger partial charge in [0.2, 0.25) is 5.91 Å². The molecule has 0 aliphatic carbocycles. The van der Waals surface area contributed by atoms with E-state index >= 15 is 0 Å². The van der Waals surface area contributed by atoms with Crippen LogP contribution < -0.4 is 5.32 Å². The third kappa shape index (κ3) is 5.60. The molecule has 23 heavy (non-hydrogen) atoms. The lowest BCUT2D eigenvalue weighted by Gasteiger charge is -2.17. The molecule has 1 N–H and O–H groups in total. The second kappa shape index (κ2) is 8.42. The van der Waals surface area contributed by atoms with E-state index in [1.54, 1.807) is 11.8 Å². The molecule has 0 aliphatic heterocycles. The van der Waals surface area contributed by atoms with Crippen LogP contribution in [0.3, 0.4) is 0 Å². The van der Waals surface area contributed by atoms with Crippen molar-refractivity contribution in [3.63, 3.8) is 0 Å². The highest BCUT2D eigenvalue weighted by molar-refractivity contribution is 7.99. The summed E-state index contributed by atoms with van der Waals surface area (Å²) in [5, 5.41) is 3.81. The summed E-state index contributed by atoms with van der Waals surface area (Å²) in [5.74, 6) is 0.839. The lowest BCUT2D eigenvalue weighted by Crippen LogP contribution is -2.27. The molecule has 1 atom stereocenters. The second-order valence-corrected chi connectivity index (χ2v) is 7.31. The number of hydrogen-bond donors (Lipinski definition) is 1. The predicted molar refractivity (Wildman–Crippen MR) is 99.3 cm³/mol. The molecule has 0 radical (unpaired) electrons. The molecule has 2 aromatic rings.